The van der Waals surface area contributed by atoms with E-state index in [0.29, 0.717) is 6.54 Å². The topological polar surface area (TPSA) is 70.2 Å². The van der Waals surface area contributed by atoms with Crippen LogP contribution in [0.5, 0.6) is 0 Å². The van der Waals surface area contributed by atoms with Crippen molar-refractivity contribution in [2.75, 3.05) is 6.54 Å². The molecule has 2 rings (SSSR count). The molecule has 5 nitrogen and oxygen atoms in total. The van der Waals surface area contributed by atoms with Gasteiger partial charge in [0.05, 0.1) is 6.54 Å². The highest BCUT2D eigenvalue weighted by molar-refractivity contribution is 5.87. The minimum atomic E-state index is -0.479. The number of benzene rings is 1. The summed E-state index contributed by atoms with van der Waals surface area (Å²) in [6.07, 6.45) is 0. The zero-order valence-corrected chi connectivity index (χ0v) is 12.9. The zero-order chi connectivity index (χ0) is 15.5. The largest absolute Gasteiger partial charge is 0.350 e. The average Bonchev–Trinajstić information content (AvgIpc) is 2.88. The quantitative estimate of drug-likeness (QED) is 0.776. The Bertz CT molecular complexity index is 547. The molecular formula is C16H23N3O2. The Morgan fingerprint density at radius 2 is 1.86 bits per heavy atom. The summed E-state index contributed by atoms with van der Waals surface area (Å²) in [6.45, 7) is 7.76. The van der Waals surface area contributed by atoms with Gasteiger partial charge in [0.25, 0.3) is 0 Å². The highest BCUT2D eigenvalue weighted by Crippen LogP contribution is 2.16. The summed E-state index contributed by atoms with van der Waals surface area (Å²) in [5.74, 6) is -0.299. The molecule has 1 heterocycles. The number of rotatable bonds is 4. The van der Waals surface area contributed by atoms with Gasteiger partial charge in [0.2, 0.25) is 11.8 Å². The van der Waals surface area contributed by atoms with Gasteiger partial charge in [-0.3, -0.25) is 9.59 Å². The second-order valence-corrected chi connectivity index (χ2v) is 6.42. The van der Waals surface area contributed by atoms with Gasteiger partial charge in [-0.2, -0.15) is 0 Å². The lowest BCUT2D eigenvalue weighted by atomic mass is 9.96. The average molecular weight is 289 g/mol. The molecule has 0 spiro atoms. The molecule has 1 aliphatic heterocycles. The molecule has 21 heavy (non-hydrogen) atoms. The summed E-state index contributed by atoms with van der Waals surface area (Å²) in [7, 11) is 0. The molecule has 1 aromatic rings. The number of carbonyl (C=O) groups excluding carboxylic acids is 2. The smallest absolute Gasteiger partial charge is 0.239 e. The van der Waals surface area contributed by atoms with Gasteiger partial charge in [-0.1, -0.05) is 39.0 Å². The van der Waals surface area contributed by atoms with Crippen molar-refractivity contribution in [2.24, 2.45) is 5.41 Å². The van der Waals surface area contributed by atoms with Gasteiger partial charge in [-0.05, 0) is 16.7 Å². The molecule has 0 aromatic heterocycles. The first-order chi connectivity index (χ1) is 9.86. The van der Waals surface area contributed by atoms with E-state index in [2.05, 4.69) is 28.1 Å². The molecular weight excluding hydrogens is 266 g/mol. The Kier molecular flexibility index (Phi) is 4.63. The van der Waals surface area contributed by atoms with E-state index in [1.165, 1.54) is 11.1 Å². The third kappa shape index (κ3) is 4.29. The molecule has 5 heteroatoms. The molecule has 0 aliphatic carbocycles. The summed E-state index contributed by atoms with van der Waals surface area (Å²) < 4.78 is 0. The Morgan fingerprint density at radius 1 is 1.14 bits per heavy atom. The second-order valence-electron chi connectivity index (χ2n) is 6.42. The van der Waals surface area contributed by atoms with Crippen LogP contribution in [0.15, 0.2) is 18.2 Å². The van der Waals surface area contributed by atoms with Crippen LogP contribution in [0.1, 0.15) is 37.5 Å². The summed E-state index contributed by atoms with van der Waals surface area (Å²) in [6, 6.07) is 6.24. The maximum atomic E-state index is 11.7. The number of fused-ring (bicyclic) bond motifs is 1. The SMILES string of the molecule is CC(C)(C)C(=O)NCC(=O)NCc1ccc2c(c1)CNC2. The van der Waals surface area contributed by atoms with Gasteiger partial charge in [-0.25, -0.2) is 0 Å². The van der Waals surface area contributed by atoms with Crippen LogP contribution in [0.2, 0.25) is 0 Å². The predicted octanol–water partition coefficient (Wildman–Crippen LogP) is 1.07. The molecule has 3 N–H and O–H groups in total. The number of amides is 2. The van der Waals surface area contributed by atoms with Crippen LogP contribution >= 0.6 is 0 Å². The van der Waals surface area contributed by atoms with Crippen molar-refractivity contribution in [3.05, 3.63) is 34.9 Å². The zero-order valence-electron chi connectivity index (χ0n) is 12.9. The molecule has 0 saturated carbocycles. The maximum Gasteiger partial charge on any atom is 0.239 e. The first-order valence-electron chi connectivity index (χ1n) is 7.22. The Hall–Kier alpha value is -1.88. The van der Waals surface area contributed by atoms with Crippen molar-refractivity contribution in [2.45, 2.75) is 40.4 Å². The van der Waals surface area contributed by atoms with Crippen molar-refractivity contribution >= 4 is 11.8 Å². The third-order valence-corrected chi connectivity index (χ3v) is 3.48. The number of hydrogen-bond acceptors (Lipinski definition) is 3. The highest BCUT2D eigenvalue weighted by atomic mass is 16.2. The van der Waals surface area contributed by atoms with Crippen LogP contribution in [0, 0.1) is 5.41 Å². The van der Waals surface area contributed by atoms with E-state index in [0.717, 1.165) is 18.7 Å². The van der Waals surface area contributed by atoms with E-state index in [9.17, 15) is 9.59 Å². The maximum absolute atomic E-state index is 11.7. The van der Waals surface area contributed by atoms with Gasteiger partial charge >= 0.3 is 0 Å². The molecule has 2 amide bonds. The lowest BCUT2D eigenvalue weighted by Crippen LogP contribution is -2.41. The van der Waals surface area contributed by atoms with E-state index >= 15 is 0 Å². The van der Waals surface area contributed by atoms with Gasteiger partial charge in [-0.15, -0.1) is 0 Å². The summed E-state index contributed by atoms with van der Waals surface area (Å²) >= 11 is 0. The van der Waals surface area contributed by atoms with Crippen molar-refractivity contribution in [1.82, 2.24) is 16.0 Å². The number of nitrogens with one attached hydrogen (secondary N) is 3. The minimum Gasteiger partial charge on any atom is -0.350 e. The molecule has 0 atom stereocenters. The monoisotopic (exact) mass is 289 g/mol. The van der Waals surface area contributed by atoms with Crippen LogP contribution in [0.25, 0.3) is 0 Å². The van der Waals surface area contributed by atoms with Crippen molar-refractivity contribution in [1.29, 1.82) is 0 Å². The molecule has 0 bridgehead atoms. The summed E-state index contributed by atoms with van der Waals surface area (Å²) in [5, 5.41) is 8.75. The normalized spacial score (nSPS) is 13.7. The standard InChI is InChI=1S/C16H23N3O2/c1-16(2,3)15(21)19-10-14(20)18-7-11-4-5-12-8-17-9-13(12)6-11/h4-6,17H,7-10H2,1-3H3,(H,18,20)(H,19,21). The molecule has 114 valence electrons. The van der Waals surface area contributed by atoms with Crippen molar-refractivity contribution in [3.8, 4) is 0 Å². The summed E-state index contributed by atoms with van der Waals surface area (Å²) in [4.78, 5) is 23.4. The molecule has 1 aliphatic rings. The van der Waals surface area contributed by atoms with Gasteiger partial charge in [0, 0.05) is 25.0 Å². The van der Waals surface area contributed by atoms with E-state index in [-0.39, 0.29) is 18.4 Å². The van der Waals surface area contributed by atoms with E-state index in [1.54, 1.807) is 0 Å². The van der Waals surface area contributed by atoms with Gasteiger partial charge < -0.3 is 16.0 Å². The fourth-order valence-electron chi connectivity index (χ4n) is 2.15. The van der Waals surface area contributed by atoms with Crippen LogP contribution in [-0.4, -0.2) is 18.4 Å². The van der Waals surface area contributed by atoms with Crippen LogP contribution < -0.4 is 16.0 Å². The lowest BCUT2D eigenvalue weighted by molar-refractivity contribution is -0.131. The number of carbonyl (C=O) groups is 2. The van der Waals surface area contributed by atoms with Crippen LogP contribution in [0.3, 0.4) is 0 Å². The Labute approximate surface area is 125 Å². The number of hydrogen-bond donors (Lipinski definition) is 3. The second kappa shape index (κ2) is 6.26. The lowest BCUT2D eigenvalue weighted by Gasteiger charge is -2.17. The van der Waals surface area contributed by atoms with E-state index in [4.69, 9.17) is 0 Å². The predicted molar refractivity (Wildman–Crippen MR) is 81.3 cm³/mol. The molecule has 0 radical (unpaired) electrons. The van der Waals surface area contributed by atoms with E-state index < -0.39 is 5.41 Å². The first-order valence-corrected chi connectivity index (χ1v) is 7.22. The minimum absolute atomic E-state index is 0.0165. The van der Waals surface area contributed by atoms with Gasteiger partial charge in [0.1, 0.15) is 0 Å². The Morgan fingerprint density at radius 3 is 2.57 bits per heavy atom. The first kappa shape index (κ1) is 15.5. The highest BCUT2D eigenvalue weighted by Gasteiger charge is 2.21. The fourth-order valence-corrected chi connectivity index (χ4v) is 2.15. The third-order valence-electron chi connectivity index (χ3n) is 3.48. The van der Waals surface area contributed by atoms with Crippen LogP contribution in [0.4, 0.5) is 0 Å². The van der Waals surface area contributed by atoms with Crippen molar-refractivity contribution < 1.29 is 9.59 Å². The fraction of sp³-hybridized carbons (Fsp3) is 0.500. The Balaban J connectivity index is 1.78. The molecule has 0 unspecified atom stereocenters. The van der Waals surface area contributed by atoms with Crippen molar-refractivity contribution in [3.63, 3.8) is 0 Å². The molecule has 1 aromatic carbocycles. The summed E-state index contributed by atoms with van der Waals surface area (Å²) in [5.41, 5.74) is 3.21. The van der Waals surface area contributed by atoms with E-state index in [1.807, 2.05) is 26.8 Å². The van der Waals surface area contributed by atoms with Gasteiger partial charge in [0.15, 0.2) is 0 Å². The molecule has 0 fully saturated rings. The van der Waals surface area contributed by atoms with Crippen LogP contribution in [-0.2, 0) is 29.2 Å². The molecule has 0 saturated heterocycles.